The number of hydrogen-bond acceptors (Lipinski definition) is 1. The molecule has 0 aromatic carbocycles. The molecule has 0 rings (SSSR count). The smallest absolute Gasteiger partial charge is 0.228 e. The molecule has 0 aliphatic carbocycles. The zero-order chi connectivity index (χ0) is 8.69. The fourth-order valence-corrected chi connectivity index (χ4v) is 0.615. The maximum atomic E-state index is 3.89. The van der Waals surface area contributed by atoms with E-state index in [-0.39, 0.29) is 0 Å². The van der Waals surface area contributed by atoms with E-state index in [0.29, 0.717) is 5.96 Å². The quantitative estimate of drug-likeness (QED) is 0.435. The van der Waals surface area contributed by atoms with E-state index in [0.717, 1.165) is 0 Å². The third kappa shape index (κ3) is 3.35. The van der Waals surface area contributed by atoms with Crippen molar-refractivity contribution in [2.24, 2.45) is 9.98 Å². The van der Waals surface area contributed by atoms with E-state index in [4.69, 9.17) is 0 Å². The second kappa shape index (κ2) is 5.41. The lowest BCUT2D eigenvalue weighted by molar-refractivity contribution is 0.678. The van der Waals surface area contributed by atoms with Gasteiger partial charge >= 0.3 is 0 Å². The van der Waals surface area contributed by atoms with Crippen LogP contribution in [0.5, 0.6) is 0 Å². The van der Waals surface area contributed by atoms with Crippen molar-refractivity contribution in [2.75, 3.05) is 7.05 Å². The molecule has 0 saturated carbocycles. The summed E-state index contributed by atoms with van der Waals surface area (Å²) < 4.78 is 0. The van der Waals surface area contributed by atoms with E-state index in [9.17, 15) is 0 Å². The van der Waals surface area contributed by atoms with Gasteiger partial charge in [-0.05, 0) is 13.6 Å². The number of guanidine groups is 1. The molecule has 0 fully saturated rings. The van der Waals surface area contributed by atoms with Gasteiger partial charge in [0.25, 0.3) is 0 Å². The summed E-state index contributed by atoms with van der Waals surface area (Å²) >= 11 is 0. The highest BCUT2D eigenvalue weighted by atomic mass is 15.2. The molecule has 0 amide bonds. The van der Waals surface area contributed by atoms with Crippen LogP contribution in [0.2, 0.25) is 0 Å². The summed E-state index contributed by atoms with van der Waals surface area (Å²) in [6.45, 7) is 8.77. The van der Waals surface area contributed by atoms with E-state index in [1.54, 1.807) is 4.90 Å². The number of allylic oxidation sites excluding steroid dienone is 1. The first kappa shape index (κ1) is 9.62. The van der Waals surface area contributed by atoms with Crippen LogP contribution in [0.4, 0.5) is 0 Å². The Balaban J connectivity index is 4.36. The molecular weight excluding hydrogens is 138 g/mol. The first-order valence-corrected chi connectivity index (χ1v) is 3.27. The van der Waals surface area contributed by atoms with Gasteiger partial charge in [-0.3, -0.25) is 0 Å². The van der Waals surface area contributed by atoms with Gasteiger partial charge in [0.15, 0.2) is 0 Å². The fraction of sp³-hybridized carbons (Fsp3) is 0.250. The van der Waals surface area contributed by atoms with Gasteiger partial charge in [-0.15, -0.1) is 0 Å². The third-order valence-corrected chi connectivity index (χ3v) is 1.04. The molecule has 0 radical (unpaired) electrons. The first-order chi connectivity index (χ1) is 5.26. The van der Waals surface area contributed by atoms with Crippen LogP contribution >= 0.6 is 0 Å². The Morgan fingerprint density at radius 2 is 2.18 bits per heavy atom. The maximum Gasteiger partial charge on any atom is 0.228 e. The van der Waals surface area contributed by atoms with Gasteiger partial charge in [-0.1, -0.05) is 12.7 Å². The van der Waals surface area contributed by atoms with Gasteiger partial charge in [-0.25, -0.2) is 9.98 Å². The van der Waals surface area contributed by atoms with Crippen LogP contribution in [0.1, 0.15) is 6.92 Å². The van der Waals surface area contributed by atoms with Crippen LogP contribution in [0, 0.1) is 0 Å². The highest BCUT2D eigenvalue weighted by Crippen LogP contribution is 1.90. The van der Waals surface area contributed by atoms with E-state index in [1.165, 1.54) is 6.20 Å². The van der Waals surface area contributed by atoms with Crippen molar-refractivity contribution >= 4 is 12.7 Å². The fourth-order valence-electron chi connectivity index (χ4n) is 0.615. The largest absolute Gasteiger partial charge is 0.321 e. The summed E-state index contributed by atoms with van der Waals surface area (Å²) in [5.74, 6) is 0.540. The SMILES string of the molecule is C=C/N=C(/N=C)N(C)/C=C\C. The Bertz CT molecular complexity index is 192. The standard InChI is InChI=1S/C8H13N3/c1-5-7-11(4)8(9-3)10-6-2/h5-7H,2-3H2,1,4H3/b7-5-,10-8-. The van der Waals surface area contributed by atoms with Gasteiger partial charge in [-0.2, -0.15) is 0 Å². The minimum atomic E-state index is 0.540. The maximum absolute atomic E-state index is 3.89. The number of aliphatic imine (C=N–C) groups is 2. The Hall–Kier alpha value is -1.38. The third-order valence-electron chi connectivity index (χ3n) is 1.04. The lowest BCUT2D eigenvalue weighted by atomic mass is 10.6. The molecule has 0 unspecified atom stereocenters. The van der Waals surface area contributed by atoms with Gasteiger partial charge in [0.2, 0.25) is 5.96 Å². The zero-order valence-corrected chi connectivity index (χ0v) is 6.99. The highest BCUT2D eigenvalue weighted by Gasteiger charge is 1.95. The van der Waals surface area contributed by atoms with Crippen LogP contribution in [0.25, 0.3) is 0 Å². The van der Waals surface area contributed by atoms with Crippen molar-refractivity contribution in [3.05, 3.63) is 25.1 Å². The summed E-state index contributed by atoms with van der Waals surface area (Å²) in [6, 6.07) is 0. The predicted molar refractivity (Wildman–Crippen MR) is 49.8 cm³/mol. The Labute approximate surface area is 67.5 Å². The van der Waals surface area contributed by atoms with Crippen molar-refractivity contribution in [3.63, 3.8) is 0 Å². The monoisotopic (exact) mass is 151 g/mol. The molecular formula is C8H13N3. The molecule has 11 heavy (non-hydrogen) atoms. The molecule has 3 nitrogen and oxygen atoms in total. The van der Waals surface area contributed by atoms with Gasteiger partial charge in [0, 0.05) is 19.4 Å². The van der Waals surface area contributed by atoms with E-state index < -0.39 is 0 Å². The predicted octanol–water partition coefficient (Wildman–Crippen LogP) is 1.65. The number of hydrogen-bond donors (Lipinski definition) is 0. The van der Waals surface area contributed by atoms with Crippen molar-refractivity contribution in [2.45, 2.75) is 6.92 Å². The van der Waals surface area contributed by atoms with E-state index >= 15 is 0 Å². The topological polar surface area (TPSA) is 28.0 Å². The van der Waals surface area contributed by atoms with E-state index in [1.807, 2.05) is 26.2 Å². The normalized spacial score (nSPS) is 11.6. The Morgan fingerprint density at radius 1 is 1.55 bits per heavy atom. The lowest BCUT2D eigenvalue weighted by Crippen LogP contribution is -2.17. The average molecular weight is 151 g/mol. The lowest BCUT2D eigenvalue weighted by Gasteiger charge is -2.10. The molecule has 0 saturated heterocycles. The van der Waals surface area contributed by atoms with Crippen molar-refractivity contribution in [3.8, 4) is 0 Å². The van der Waals surface area contributed by atoms with Crippen molar-refractivity contribution in [1.82, 2.24) is 4.90 Å². The summed E-state index contributed by atoms with van der Waals surface area (Å²) in [5.41, 5.74) is 0. The second-order valence-corrected chi connectivity index (χ2v) is 1.86. The molecule has 0 aromatic rings. The van der Waals surface area contributed by atoms with Crippen LogP contribution in [-0.2, 0) is 0 Å². The summed E-state index contributed by atoms with van der Waals surface area (Å²) in [6.07, 6.45) is 5.17. The molecule has 0 spiro atoms. The van der Waals surface area contributed by atoms with Crippen LogP contribution in [0.15, 0.2) is 35.0 Å². The Kier molecular flexibility index (Phi) is 4.73. The Morgan fingerprint density at radius 3 is 2.55 bits per heavy atom. The summed E-state index contributed by atoms with van der Waals surface area (Å²) in [4.78, 5) is 9.35. The first-order valence-electron chi connectivity index (χ1n) is 3.27. The molecule has 0 heterocycles. The van der Waals surface area contributed by atoms with Gasteiger partial charge in [0.05, 0.1) is 0 Å². The average Bonchev–Trinajstić information content (AvgIpc) is 2.00. The van der Waals surface area contributed by atoms with E-state index in [2.05, 4.69) is 23.3 Å². The molecule has 0 bridgehead atoms. The van der Waals surface area contributed by atoms with Crippen molar-refractivity contribution in [1.29, 1.82) is 0 Å². The molecule has 0 N–H and O–H groups in total. The molecule has 3 heteroatoms. The summed E-state index contributed by atoms with van der Waals surface area (Å²) in [7, 11) is 1.84. The van der Waals surface area contributed by atoms with Crippen LogP contribution in [0.3, 0.4) is 0 Å². The van der Waals surface area contributed by atoms with Gasteiger partial charge in [0.1, 0.15) is 0 Å². The number of rotatable bonds is 2. The molecule has 0 aliphatic rings. The molecule has 0 aliphatic heterocycles. The molecule has 60 valence electrons. The minimum Gasteiger partial charge on any atom is -0.321 e. The molecule has 0 aromatic heterocycles. The summed E-state index contributed by atoms with van der Waals surface area (Å²) in [5, 5.41) is 0. The number of nitrogens with zero attached hydrogens (tertiary/aromatic N) is 3. The van der Waals surface area contributed by atoms with Gasteiger partial charge < -0.3 is 4.90 Å². The highest BCUT2D eigenvalue weighted by molar-refractivity contribution is 5.85. The van der Waals surface area contributed by atoms with Crippen LogP contribution < -0.4 is 0 Å². The zero-order valence-electron chi connectivity index (χ0n) is 6.99. The molecule has 0 atom stereocenters. The van der Waals surface area contributed by atoms with Crippen molar-refractivity contribution < 1.29 is 0 Å². The second-order valence-electron chi connectivity index (χ2n) is 1.86. The minimum absolute atomic E-state index is 0.540. The van der Waals surface area contributed by atoms with Crippen LogP contribution in [-0.4, -0.2) is 24.6 Å².